The maximum absolute atomic E-state index is 13.1. The first-order chi connectivity index (χ1) is 14.1. The molecule has 2 saturated heterocycles. The van der Waals surface area contributed by atoms with E-state index < -0.39 is 10.0 Å². The molecule has 1 aromatic carbocycles. The third-order valence-corrected chi connectivity index (χ3v) is 8.63. The number of rotatable bonds is 6. The van der Waals surface area contributed by atoms with Gasteiger partial charge in [0.1, 0.15) is 5.75 Å². The molecule has 3 heterocycles. The van der Waals surface area contributed by atoms with E-state index in [1.165, 1.54) is 5.56 Å². The van der Waals surface area contributed by atoms with Crippen LogP contribution in [0.2, 0.25) is 0 Å². The van der Waals surface area contributed by atoms with Gasteiger partial charge in [0, 0.05) is 32.0 Å². The molecule has 29 heavy (non-hydrogen) atoms. The third kappa shape index (κ3) is 4.63. The Morgan fingerprint density at radius 1 is 1.10 bits per heavy atom. The number of pyridine rings is 1. The average molecular weight is 416 g/mol. The third-order valence-electron chi connectivity index (χ3n) is 6.19. The quantitative estimate of drug-likeness (QED) is 0.726. The number of fused-ring (bicyclic) bond motifs is 1. The van der Waals surface area contributed by atoms with Crippen LogP contribution in [0, 0.1) is 5.92 Å². The Hall–Kier alpha value is -1.96. The number of hydrogen-bond donors (Lipinski definition) is 0. The molecule has 0 saturated carbocycles. The van der Waals surface area contributed by atoms with E-state index in [-0.39, 0.29) is 11.2 Å². The number of aromatic nitrogens is 1. The average Bonchev–Trinajstić information content (AvgIpc) is 2.86. The molecule has 0 radical (unpaired) electrons. The van der Waals surface area contributed by atoms with Crippen molar-refractivity contribution in [3.8, 4) is 5.75 Å². The molecule has 156 valence electrons. The van der Waals surface area contributed by atoms with E-state index in [0.717, 1.165) is 43.8 Å². The summed E-state index contributed by atoms with van der Waals surface area (Å²) in [6.07, 6.45) is 6.05. The first-order valence-electron chi connectivity index (χ1n) is 10.3. The zero-order valence-electron chi connectivity index (χ0n) is 16.9. The number of hydrogen-bond acceptors (Lipinski definition) is 5. The number of ether oxygens (including phenoxy) is 1. The summed E-state index contributed by atoms with van der Waals surface area (Å²) in [4.78, 5) is 6.55. The Bertz CT molecular complexity index is 903. The van der Waals surface area contributed by atoms with Gasteiger partial charge in [-0.05, 0) is 67.6 Å². The lowest BCUT2D eigenvalue weighted by molar-refractivity contribution is 0.267. The zero-order chi connectivity index (χ0) is 20.3. The highest BCUT2D eigenvalue weighted by molar-refractivity contribution is 7.90. The molecule has 1 aromatic heterocycles. The Kier molecular flexibility index (Phi) is 6.18. The highest BCUT2D eigenvalue weighted by atomic mass is 32.2. The maximum atomic E-state index is 13.1. The Labute approximate surface area is 173 Å². The molecule has 2 aromatic rings. The highest BCUT2D eigenvalue weighted by Gasteiger charge is 2.46. The summed E-state index contributed by atoms with van der Waals surface area (Å²) in [5.41, 5.74) is 2.32. The molecule has 0 aliphatic carbocycles. The lowest BCUT2D eigenvalue weighted by Crippen LogP contribution is -2.33. The van der Waals surface area contributed by atoms with Crippen molar-refractivity contribution in [3.05, 3.63) is 59.9 Å². The molecule has 4 rings (SSSR count). The van der Waals surface area contributed by atoms with Crippen LogP contribution >= 0.6 is 0 Å². The van der Waals surface area contributed by atoms with Gasteiger partial charge in [-0.1, -0.05) is 18.2 Å². The summed E-state index contributed by atoms with van der Waals surface area (Å²) in [6, 6.07) is 11.9. The van der Waals surface area contributed by atoms with Crippen molar-refractivity contribution in [2.24, 2.45) is 5.92 Å². The summed E-state index contributed by atoms with van der Waals surface area (Å²) in [6.45, 7) is 3.82. The van der Waals surface area contributed by atoms with E-state index in [1.807, 2.05) is 36.5 Å². The van der Waals surface area contributed by atoms with Crippen LogP contribution in [0.1, 0.15) is 24.0 Å². The first kappa shape index (κ1) is 20.3. The van der Waals surface area contributed by atoms with E-state index >= 15 is 0 Å². The molecule has 0 amide bonds. The number of sulfonamides is 1. The van der Waals surface area contributed by atoms with Crippen LogP contribution in [-0.4, -0.2) is 61.1 Å². The highest BCUT2D eigenvalue weighted by Crippen LogP contribution is 2.34. The molecule has 0 bridgehead atoms. The van der Waals surface area contributed by atoms with Gasteiger partial charge < -0.3 is 4.74 Å². The molecule has 6 nitrogen and oxygen atoms in total. The summed E-state index contributed by atoms with van der Waals surface area (Å²) in [5.74, 6) is 1.05. The van der Waals surface area contributed by atoms with Gasteiger partial charge in [-0.15, -0.1) is 0 Å². The Morgan fingerprint density at radius 2 is 1.90 bits per heavy atom. The fourth-order valence-corrected chi connectivity index (χ4v) is 6.76. The van der Waals surface area contributed by atoms with Crippen molar-refractivity contribution in [2.75, 3.05) is 33.3 Å². The smallest absolute Gasteiger partial charge is 0.217 e. The van der Waals surface area contributed by atoms with Crippen molar-refractivity contribution in [3.63, 3.8) is 0 Å². The van der Waals surface area contributed by atoms with Crippen LogP contribution < -0.4 is 4.74 Å². The first-order valence-corrected chi connectivity index (χ1v) is 11.8. The fourth-order valence-electron chi connectivity index (χ4n) is 4.52. The molecule has 2 fully saturated rings. The molecule has 0 N–H and O–H groups in total. The van der Waals surface area contributed by atoms with Crippen molar-refractivity contribution < 1.29 is 13.2 Å². The van der Waals surface area contributed by atoms with Gasteiger partial charge in [0.15, 0.2) is 0 Å². The number of methoxy groups -OCH3 is 1. The summed E-state index contributed by atoms with van der Waals surface area (Å²) >= 11 is 0. The van der Waals surface area contributed by atoms with Gasteiger partial charge in [0.05, 0.1) is 12.4 Å². The van der Waals surface area contributed by atoms with Crippen LogP contribution in [0.25, 0.3) is 0 Å². The van der Waals surface area contributed by atoms with E-state index in [2.05, 4.69) is 16.0 Å². The van der Waals surface area contributed by atoms with Crippen LogP contribution in [0.4, 0.5) is 0 Å². The standard InChI is InChI=1S/C22H29N3O3S/c1-28-21-6-4-18(5-7-21)8-14-25-17-20-9-12-24(13-10-22(20)29(25,26)27)16-19-3-2-11-23-15-19/h2-7,11,15,20,22H,8-10,12-14,16-17H2,1H3/t20-,22-/m0/s1. The number of nitrogens with zero attached hydrogens (tertiary/aromatic N) is 3. The van der Waals surface area contributed by atoms with Gasteiger partial charge in [-0.3, -0.25) is 9.88 Å². The van der Waals surface area contributed by atoms with Crippen LogP contribution in [0.5, 0.6) is 5.75 Å². The predicted octanol–water partition coefficient (Wildman–Crippen LogP) is 2.56. The van der Waals surface area contributed by atoms with E-state index in [9.17, 15) is 8.42 Å². The minimum atomic E-state index is -3.22. The van der Waals surface area contributed by atoms with Crippen LogP contribution in [0.3, 0.4) is 0 Å². The minimum Gasteiger partial charge on any atom is -0.497 e. The summed E-state index contributed by atoms with van der Waals surface area (Å²) < 4.78 is 33.2. The van der Waals surface area contributed by atoms with Gasteiger partial charge in [0.25, 0.3) is 0 Å². The van der Waals surface area contributed by atoms with Crippen LogP contribution in [0.15, 0.2) is 48.8 Å². The van der Waals surface area contributed by atoms with Crippen molar-refractivity contribution in [1.82, 2.24) is 14.2 Å². The second-order valence-corrected chi connectivity index (χ2v) is 10.2. The minimum absolute atomic E-state index is 0.231. The maximum Gasteiger partial charge on any atom is 0.217 e. The zero-order valence-corrected chi connectivity index (χ0v) is 17.7. The van der Waals surface area contributed by atoms with Gasteiger partial charge in [-0.2, -0.15) is 0 Å². The van der Waals surface area contributed by atoms with Gasteiger partial charge in [0.2, 0.25) is 10.0 Å². The molecular formula is C22H29N3O3S. The van der Waals surface area contributed by atoms with Gasteiger partial charge in [-0.25, -0.2) is 12.7 Å². The predicted molar refractivity (Wildman–Crippen MR) is 113 cm³/mol. The molecular weight excluding hydrogens is 386 g/mol. The van der Waals surface area contributed by atoms with E-state index in [0.29, 0.717) is 19.5 Å². The summed E-state index contributed by atoms with van der Waals surface area (Å²) in [7, 11) is -1.57. The lowest BCUT2D eigenvalue weighted by Gasteiger charge is -2.21. The van der Waals surface area contributed by atoms with Crippen molar-refractivity contribution >= 4 is 10.0 Å². The van der Waals surface area contributed by atoms with E-state index in [1.54, 1.807) is 17.6 Å². The molecule has 0 spiro atoms. The van der Waals surface area contributed by atoms with Crippen LogP contribution in [-0.2, 0) is 23.0 Å². The fraction of sp³-hybridized carbons (Fsp3) is 0.500. The lowest BCUT2D eigenvalue weighted by atomic mass is 10.0. The molecule has 7 heteroatoms. The molecule has 0 unspecified atom stereocenters. The summed E-state index contributed by atoms with van der Waals surface area (Å²) in [5, 5.41) is -0.239. The second kappa shape index (κ2) is 8.81. The van der Waals surface area contributed by atoms with Gasteiger partial charge >= 0.3 is 0 Å². The molecule has 2 atom stereocenters. The molecule has 2 aliphatic rings. The van der Waals surface area contributed by atoms with E-state index in [4.69, 9.17) is 4.74 Å². The monoisotopic (exact) mass is 415 g/mol. The SMILES string of the molecule is COc1ccc(CCN2C[C@@H]3CCN(Cc4cccnc4)CC[C@@H]3S2(=O)=O)cc1. The van der Waals surface area contributed by atoms with Crippen molar-refractivity contribution in [2.45, 2.75) is 31.1 Å². The normalized spacial score (nSPS) is 24.7. The largest absolute Gasteiger partial charge is 0.497 e. The van der Waals surface area contributed by atoms with Crippen molar-refractivity contribution in [1.29, 1.82) is 0 Å². The second-order valence-electron chi connectivity index (χ2n) is 8.01. The Morgan fingerprint density at radius 3 is 2.62 bits per heavy atom. The Balaban J connectivity index is 1.35. The number of likely N-dealkylation sites (tertiary alicyclic amines) is 1. The topological polar surface area (TPSA) is 62.7 Å². The molecule has 2 aliphatic heterocycles. The number of benzene rings is 1.